The van der Waals surface area contributed by atoms with Gasteiger partial charge < -0.3 is 18.9 Å². The third-order valence-corrected chi connectivity index (χ3v) is 3.65. The molecule has 2 aromatic rings. The standard InChI is InChI=1S/C21H19NO6/c1-25-17-7-5-16(6-8-17)18(23)14-28-21(24)10-4-15-3-9-19(27-12-11-22)20(13-15)26-2/h3-10,13H,12,14H2,1-2H3/b10-4+. The molecule has 0 radical (unpaired) electrons. The lowest BCUT2D eigenvalue weighted by Crippen LogP contribution is -2.12. The lowest BCUT2D eigenvalue weighted by molar-refractivity contribution is -0.136. The third kappa shape index (κ3) is 5.88. The van der Waals surface area contributed by atoms with Crippen LogP contribution in [0.2, 0.25) is 0 Å². The molecule has 0 bridgehead atoms. The number of ether oxygens (including phenoxy) is 4. The van der Waals surface area contributed by atoms with E-state index in [9.17, 15) is 9.59 Å². The van der Waals surface area contributed by atoms with E-state index in [1.54, 1.807) is 42.5 Å². The van der Waals surface area contributed by atoms with Crippen molar-refractivity contribution in [3.05, 3.63) is 59.7 Å². The van der Waals surface area contributed by atoms with Gasteiger partial charge in [-0.2, -0.15) is 5.26 Å². The molecule has 0 amide bonds. The maximum atomic E-state index is 12.0. The maximum absolute atomic E-state index is 12.0. The van der Waals surface area contributed by atoms with Gasteiger partial charge in [-0.25, -0.2) is 4.79 Å². The molecule has 0 saturated carbocycles. The molecule has 0 N–H and O–H groups in total. The molecule has 0 heterocycles. The second-order valence-corrected chi connectivity index (χ2v) is 5.45. The Balaban J connectivity index is 1.92. The Bertz CT molecular complexity index is 896. The van der Waals surface area contributed by atoms with Gasteiger partial charge >= 0.3 is 5.97 Å². The zero-order valence-corrected chi connectivity index (χ0v) is 15.5. The summed E-state index contributed by atoms with van der Waals surface area (Å²) in [5.74, 6) is 0.529. The Morgan fingerprint density at radius 2 is 1.79 bits per heavy atom. The van der Waals surface area contributed by atoms with E-state index in [0.717, 1.165) is 0 Å². The van der Waals surface area contributed by atoms with Gasteiger partial charge in [-0.15, -0.1) is 0 Å². The Morgan fingerprint density at radius 1 is 1.04 bits per heavy atom. The number of nitrogens with zero attached hydrogens (tertiary/aromatic N) is 1. The summed E-state index contributed by atoms with van der Waals surface area (Å²) in [5.41, 5.74) is 1.09. The van der Waals surface area contributed by atoms with E-state index >= 15 is 0 Å². The number of nitriles is 1. The van der Waals surface area contributed by atoms with Crippen LogP contribution in [0.1, 0.15) is 15.9 Å². The minimum absolute atomic E-state index is 0.0971. The van der Waals surface area contributed by atoms with Crippen LogP contribution in [0.25, 0.3) is 6.08 Å². The number of methoxy groups -OCH3 is 2. The molecule has 2 rings (SSSR count). The minimum atomic E-state index is -0.648. The fourth-order valence-electron chi connectivity index (χ4n) is 2.23. The Labute approximate surface area is 162 Å². The Hall–Kier alpha value is -3.79. The summed E-state index contributed by atoms with van der Waals surface area (Å²) >= 11 is 0. The van der Waals surface area contributed by atoms with Gasteiger partial charge in [0.15, 0.2) is 30.5 Å². The summed E-state index contributed by atoms with van der Waals surface area (Å²) in [6.45, 7) is -0.458. The molecule has 7 nitrogen and oxygen atoms in total. The summed E-state index contributed by atoms with van der Waals surface area (Å²) in [7, 11) is 3.01. The van der Waals surface area contributed by atoms with Gasteiger partial charge in [-0.05, 0) is 48.0 Å². The van der Waals surface area contributed by atoms with Gasteiger partial charge in [0.25, 0.3) is 0 Å². The predicted octanol–water partition coefficient (Wildman–Crippen LogP) is 3.05. The monoisotopic (exact) mass is 381 g/mol. The van der Waals surface area contributed by atoms with Gasteiger partial charge in [-0.3, -0.25) is 4.79 Å². The molecule has 0 atom stereocenters. The molecule has 2 aromatic carbocycles. The van der Waals surface area contributed by atoms with Gasteiger partial charge in [0, 0.05) is 11.6 Å². The zero-order valence-electron chi connectivity index (χ0n) is 15.5. The number of hydrogen-bond donors (Lipinski definition) is 0. The second kappa shape index (κ2) is 10.4. The summed E-state index contributed by atoms with van der Waals surface area (Å²) in [5, 5.41) is 8.57. The summed E-state index contributed by atoms with van der Waals surface area (Å²) in [6, 6.07) is 13.4. The molecule has 0 saturated heterocycles. The number of rotatable bonds is 9. The van der Waals surface area contributed by atoms with Crippen molar-refractivity contribution in [1.82, 2.24) is 0 Å². The summed E-state index contributed by atoms with van der Waals surface area (Å²) < 4.78 is 20.4. The number of carbonyl (C=O) groups is 2. The van der Waals surface area contributed by atoms with Crippen LogP contribution >= 0.6 is 0 Å². The molecule has 7 heteroatoms. The number of benzene rings is 2. The molecular weight excluding hydrogens is 362 g/mol. The Morgan fingerprint density at radius 3 is 2.43 bits per heavy atom. The van der Waals surface area contributed by atoms with Gasteiger partial charge in [0.1, 0.15) is 11.8 Å². The molecule has 0 spiro atoms. The first-order chi connectivity index (χ1) is 13.6. The highest BCUT2D eigenvalue weighted by Gasteiger charge is 2.09. The molecule has 0 aliphatic carbocycles. The molecule has 0 unspecified atom stereocenters. The van der Waals surface area contributed by atoms with Crippen molar-refractivity contribution < 1.29 is 28.5 Å². The van der Waals surface area contributed by atoms with Gasteiger partial charge in [-0.1, -0.05) is 6.07 Å². The van der Waals surface area contributed by atoms with Crippen molar-refractivity contribution in [3.63, 3.8) is 0 Å². The van der Waals surface area contributed by atoms with E-state index in [-0.39, 0.29) is 19.0 Å². The first-order valence-electron chi connectivity index (χ1n) is 8.27. The molecule has 144 valence electrons. The highest BCUT2D eigenvalue weighted by molar-refractivity contribution is 5.99. The molecule has 0 aromatic heterocycles. The van der Waals surface area contributed by atoms with E-state index in [4.69, 9.17) is 24.2 Å². The second-order valence-electron chi connectivity index (χ2n) is 5.45. The third-order valence-electron chi connectivity index (χ3n) is 3.65. The SMILES string of the molecule is COc1ccc(C(=O)COC(=O)/C=C/c2ccc(OCC#N)c(OC)c2)cc1. The van der Waals surface area contributed by atoms with Crippen molar-refractivity contribution in [3.8, 4) is 23.3 Å². The van der Waals surface area contributed by atoms with Gasteiger partial charge in [0.2, 0.25) is 0 Å². The number of ketones is 1. The predicted molar refractivity (Wildman–Crippen MR) is 101 cm³/mol. The lowest BCUT2D eigenvalue weighted by atomic mass is 10.1. The van der Waals surface area contributed by atoms with E-state index in [1.165, 1.54) is 26.4 Å². The fraction of sp³-hybridized carbons (Fsp3) is 0.190. The van der Waals surface area contributed by atoms with Crippen molar-refractivity contribution >= 4 is 17.8 Å². The normalized spacial score (nSPS) is 10.2. The van der Waals surface area contributed by atoms with Crippen molar-refractivity contribution in [2.75, 3.05) is 27.4 Å². The first kappa shape index (κ1) is 20.5. The lowest BCUT2D eigenvalue weighted by Gasteiger charge is -2.08. The van der Waals surface area contributed by atoms with E-state index in [2.05, 4.69) is 0 Å². The van der Waals surface area contributed by atoms with Crippen LogP contribution in [0, 0.1) is 11.3 Å². The van der Waals surface area contributed by atoms with Gasteiger partial charge in [0.05, 0.1) is 14.2 Å². The summed E-state index contributed by atoms with van der Waals surface area (Å²) in [6.07, 6.45) is 2.74. The van der Waals surface area contributed by atoms with Crippen molar-refractivity contribution in [1.29, 1.82) is 5.26 Å². The van der Waals surface area contributed by atoms with Crippen LogP contribution in [0.5, 0.6) is 17.2 Å². The van der Waals surface area contributed by atoms with Crippen LogP contribution in [-0.4, -0.2) is 39.2 Å². The van der Waals surface area contributed by atoms with Crippen LogP contribution in [0.15, 0.2) is 48.5 Å². The largest absolute Gasteiger partial charge is 0.497 e. The topological polar surface area (TPSA) is 94.9 Å². The van der Waals surface area contributed by atoms with Crippen LogP contribution in [0.4, 0.5) is 0 Å². The average Bonchev–Trinajstić information content (AvgIpc) is 2.74. The summed E-state index contributed by atoms with van der Waals surface area (Å²) in [4.78, 5) is 23.9. The average molecular weight is 381 g/mol. The van der Waals surface area contributed by atoms with E-state index < -0.39 is 5.97 Å². The molecular formula is C21H19NO6. The highest BCUT2D eigenvalue weighted by Crippen LogP contribution is 2.28. The maximum Gasteiger partial charge on any atom is 0.331 e. The molecule has 0 aliphatic heterocycles. The zero-order chi connectivity index (χ0) is 20.4. The van der Waals surface area contributed by atoms with E-state index in [0.29, 0.717) is 28.4 Å². The molecule has 0 aliphatic rings. The van der Waals surface area contributed by atoms with Crippen molar-refractivity contribution in [2.24, 2.45) is 0 Å². The smallest absolute Gasteiger partial charge is 0.331 e. The molecule has 0 fully saturated rings. The van der Waals surface area contributed by atoms with Crippen LogP contribution in [0.3, 0.4) is 0 Å². The number of hydrogen-bond acceptors (Lipinski definition) is 7. The minimum Gasteiger partial charge on any atom is -0.497 e. The number of esters is 1. The van der Waals surface area contributed by atoms with Crippen LogP contribution < -0.4 is 14.2 Å². The van der Waals surface area contributed by atoms with E-state index in [1.807, 2.05) is 6.07 Å². The number of Topliss-reactive ketones (excluding diaryl/α,β-unsaturated/α-hetero) is 1. The highest BCUT2D eigenvalue weighted by atomic mass is 16.5. The fourth-order valence-corrected chi connectivity index (χ4v) is 2.23. The first-order valence-corrected chi connectivity index (χ1v) is 8.27. The Kier molecular flexibility index (Phi) is 7.61. The van der Waals surface area contributed by atoms with Crippen LogP contribution in [-0.2, 0) is 9.53 Å². The quantitative estimate of drug-likeness (QED) is 0.374. The number of carbonyl (C=O) groups excluding carboxylic acids is 2. The van der Waals surface area contributed by atoms with Crippen molar-refractivity contribution in [2.45, 2.75) is 0 Å². The molecule has 28 heavy (non-hydrogen) atoms.